The van der Waals surface area contributed by atoms with Crippen molar-refractivity contribution in [2.24, 2.45) is 5.10 Å². The normalized spacial score (nSPS) is 16.0. The number of aromatic nitrogens is 5. The lowest BCUT2D eigenvalue weighted by Crippen LogP contribution is -2.38. The Morgan fingerprint density at radius 1 is 1.24 bits per heavy atom. The minimum absolute atomic E-state index is 0.0408. The van der Waals surface area contributed by atoms with Gasteiger partial charge in [-0.2, -0.15) is 9.78 Å². The average molecular weight is 525 g/mol. The smallest absolute Gasteiger partial charge is 0.410 e. The van der Waals surface area contributed by atoms with Crippen LogP contribution in [0.3, 0.4) is 0 Å². The monoisotopic (exact) mass is 524 g/mol. The average Bonchev–Trinajstić information content (AvgIpc) is 3.52. The van der Waals surface area contributed by atoms with E-state index >= 15 is 0 Å². The number of benzene rings is 1. The summed E-state index contributed by atoms with van der Waals surface area (Å²) in [6.45, 7) is 8.36. The van der Waals surface area contributed by atoms with E-state index in [1.165, 1.54) is 10.9 Å². The Morgan fingerprint density at radius 3 is 2.66 bits per heavy atom. The minimum atomic E-state index is -0.535. The molecular weight excluding hydrogens is 492 g/mol. The molecule has 3 aromatic rings. The molecule has 1 unspecified atom stereocenters. The molecule has 0 spiro atoms. The molecule has 4 rings (SSSR count). The van der Waals surface area contributed by atoms with Crippen LogP contribution in [0, 0.1) is 0 Å². The number of rotatable bonds is 9. The fraction of sp³-hybridized carbons (Fsp3) is 0.458. The van der Waals surface area contributed by atoms with Crippen LogP contribution in [0.4, 0.5) is 10.6 Å². The van der Waals surface area contributed by atoms with Gasteiger partial charge < -0.3 is 15.4 Å². The summed E-state index contributed by atoms with van der Waals surface area (Å²) in [5.41, 5.74) is 9.67. The molecule has 2 amide bonds. The van der Waals surface area contributed by atoms with Crippen LogP contribution >= 0.6 is 0 Å². The lowest BCUT2D eigenvalue weighted by atomic mass is 10.0. The molecular formula is C24H32N10O4. The molecule has 0 bridgehead atoms. The summed E-state index contributed by atoms with van der Waals surface area (Å²) >= 11 is 0. The number of amides is 2. The summed E-state index contributed by atoms with van der Waals surface area (Å²) in [5, 5.41) is 19.6. The lowest BCUT2D eigenvalue weighted by molar-refractivity contribution is 0.0945. The zero-order valence-corrected chi connectivity index (χ0v) is 21.7. The maximum absolute atomic E-state index is 13.0. The zero-order valence-electron chi connectivity index (χ0n) is 21.7. The Labute approximate surface area is 219 Å². The zero-order chi connectivity index (χ0) is 27.1. The van der Waals surface area contributed by atoms with Crippen LogP contribution in [-0.4, -0.2) is 79.0 Å². The third kappa shape index (κ3) is 6.14. The predicted octanol–water partition coefficient (Wildman–Crippen LogP) is 2.21. The second-order valence-corrected chi connectivity index (χ2v) is 8.89. The fourth-order valence-electron chi connectivity index (χ4n) is 4.20. The predicted molar refractivity (Wildman–Crippen MR) is 138 cm³/mol. The Balaban J connectivity index is 1.46. The van der Waals surface area contributed by atoms with Gasteiger partial charge in [0.15, 0.2) is 5.69 Å². The maximum Gasteiger partial charge on any atom is 0.415 e. The molecule has 1 saturated heterocycles. The molecule has 0 aliphatic carbocycles. The molecule has 1 aliphatic rings. The molecule has 0 radical (unpaired) electrons. The van der Waals surface area contributed by atoms with Gasteiger partial charge in [0.25, 0.3) is 5.91 Å². The van der Waals surface area contributed by atoms with E-state index in [9.17, 15) is 9.59 Å². The first-order valence-corrected chi connectivity index (χ1v) is 12.6. The number of anilines is 1. The van der Waals surface area contributed by atoms with Crippen LogP contribution in [0.2, 0.25) is 0 Å². The number of carbonyl (C=O) groups is 2. The standard InChI is InChI=1S/C24H32N10O4/c1-4-32(5-2)24(36)37-18-11-9-17(10-12-18)14-26-28-23(35)20-19(15-33-13-7-6-8-16(33)3)34(31-27-20)22-21(25)29-38-30-22/h9-12,14,16H,4-8,13,15H2,1-3H3,(H2,25,29)(H,28,35). The summed E-state index contributed by atoms with van der Waals surface area (Å²) in [5.74, 6) is 0.0883. The minimum Gasteiger partial charge on any atom is -0.410 e. The van der Waals surface area contributed by atoms with E-state index in [0.29, 0.717) is 42.7 Å². The highest BCUT2D eigenvalue weighted by atomic mass is 16.6. The Morgan fingerprint density at radius 2 is 2.00 bits per heavy atom. The number of carbonyl (C=O) groups excluding carboxylic acids is 2. The first-order chi connectivity index (χ1) is 18.4. The second-order valence-electron chi connectivity index (χ2n) is 8.89. The quantitative estimate of drug-likeness (QED) is 0.312. The van der Waals surface area contributed by atoms with Gasteiger partial charge in [0, 0.05) is 25.7 Å². The van der Waals surface area contributed by atoms with Gasteiger partial charge >= 0.3 is 6.09 Å². The van der Waals surface area contributed by atoms with E-state index in [2.05, 4.69) is 43.0 Å². The molecule has 3 heterocycles. The molecule has 1 aromatic carbocycles. The topological polar surface area (TPSA) is 170 Å². The third-order valence-electron chi connectivity index (χ3n) is 6.45. The van der Waals surface area contributed by atoms with Crippen molar-refractivity contribution < 1.29 is 19.0 Å². The summed E-state index contributed by atoms with van der Waals surface area (Å²) in [6.07, 6.45) is 4.36. The SMILES string of the molecule is CCN(CC)C(=O)Oc1ccc(C=NNC(=O)c2nnn(-c3nonc3N)c2CN2CCCCC2C)cc1. The van der Waals surface area contributed by atoms with E-state index in [1.54, 1.807) is 29.2 Å². The number of hydrogen-bond acceptors (Lipinski definition) is 11. The number of nitrogens with two attached hydrogens (primary N) is 1. The fourth-order valence-corrected chi connectivity index (χ4v) is 4.20. The number of nitrogens with one attached hydrogen (secondary N) is 1. The number of hydrogen-bond donors (Lipinski definition) is 2. The molecule has 1 fully saturated rings. The second kappa shape index (κ2) is 12.3. The first-order valence-electron chi connectivity index (χ1n) is 12.6. The molecule has 38 heavy (non-hydrogen) atoms. The summed E-state index contributed by atoms with van der Waals surface area (Å²) in [6, 6.07) is 7.10. The number of hydrazone groups is 1. The molecule has 2 aromatic heterocycles. The highest BCUT2D eigenvalue weighted by molar-refractivity contribution is 5.94. The van der Waals surface area contributed by atoms with Crippen molar-refractivity contribution in [3.05, 3.63) is 41.2 Å². The van der Waals surface area contributed by atoms with Crippen LogP contribution in [0.5, 0.6) is 5.75 Å². The van der Waals surface area contributed by atoms with Crippen LogP contribution in [0.25, 0.3) is 5.82 Å². The van der Waals surface area contributed by atoms with Gasteiger partial charge in [-0.25, -0.2) is 14.8 Å². The van der Waals surface area contributed by atoms with Crippen molar-refractivity contribution in [1.29, 1.82) is 0 Å². The van der Waals surface area contributed by atoms with E-state index in [1.807, 2.05) is 13.8 Å². The van der Waals surface area contributed by atoms with Crippen molar-refractivity contribution in [2.75, 3.05) is 25.4 Å². The number of nitrogens with zero attached hydrogens (tertiary/aromatic N) is 8. The van der Waals surface area contributed by atoms with Gasteiger partial charge in [-0.1, -0.05) is 11.6 Å². The van der Waals surface area contributed by atoms with E-state index in [4.69, 9.17) is 15.1 Å². The van der Waals surface area contributed by atoms with Crippen LogP contribution in [0.15, 0.2) is 34.0 Å². The van der Waals surface area contributed by atoms with Gasteiger partial charge in [-0.15, -0.1) is 5.10 Å². The van der Waals surface area contributed by atoms with Crippen LogP contribution < -0.4 is 15.9 Å². The summed E-state index contributed by atoms with van der Waals surface area (Å²) < 4.78 is 11.5. The van der Waals surface area contributed by atoms with Crippen molar-refractivity contribution in [3.8, 4) is 11.6 Å². The van der Waals surface area contributed by atoms with E-state index in [-0.39, 0.29) is 17.3 Å². The van der Waals surface area contributed by atoms with Crippen LogP contribution in [-0.2, 0) is 6.54 Å². The van der Waals surface area contributed by atoms with E-state index in [0.717, 1.165) is 25.8 Å². The lowest BCUT2D eigenvalue weighted by Gasteiger charge is -2.33. The number of piperidine rings is 1. The van der Waals surface area contributed by atoms with Crippen molar-refractivity contribution in [1.82, 2.24) is 40.5 Å². The molecule has 3 N–H and O–H groups in total. The van der Waals surface area contributed by atoms with Gasteiger partial charge in [0.2, 0.25) is 11.6 Å². The van der Waals surface area contributed by atoms with Crippen molar-refractivity contribution in [2.45, 2.75) is 52.6 Å². The third-order valence-corrected chi connectivity index (χ3v) is 6.45. The highest BCUT2D eigenvalue weighted by Gasteiger charge is 2.28. The number of ether oxygens (including phenoxy) is 1. The number of nitrogen functional groups attached to an aromatic ring is 1. The first kappa shape index (κ1) is 26.7. The molecule has 14 nitrogen and oxygen atoms in total. The van der Waals surface area contributed by atoms with E-state index < -0.39 is 12.0 Å². The Bertz CT molecular complexity index is 1270. The van der Waals surface area contributed by atoms with Gasteiger partial charge in [0.05, 0.1) is 11.9 Å². The maximum atomic E-state index is 13.0. The largest absolute Gasteiger partial charge is 0.415 e. The van der Waals surface area contributed by atoms with Gasteiger partial charge in [-0.05, 0) is 80.3 Å². The Hall–Kier alpha value is -4.33. The molecule has 1 atom stereocenters. The molecule has 14 heteroatoms. The van der Waals surface area contributed by atoms with Gasteiger partial charge in [-0.3, -0.25) is 9.69 Å². The Kier molecular flexibility index (Phi) is 8.63. The molecule has 202 valence electrons. The highest BCUT2D eigenvalue weighted by Crippen LogP contribution is 2.23. The number of likely N-dealkylation sites (tertiary alicyclic amines) is 1. The molecule has 1 aliphatic heterocycles. The summed E-state index contributed by atoms with van der Waals surface area (Å²) in [4.78, 5) is 29.0. The van der Waals surface area contributed by atoms with Crippen LogP contribution in [0.1, 0.15) is 61.8 Å². The van der Waals surface area contributed by atoms with Crippen molar-refractivity contribution in [3.63, 3.8) is 0 Å². The summed E-state index contributed by atoms with van der Waals surface area (Å²) in [7, 11) is 0. The van der Waals surface area contributed by atoms with Crippen molar-refractivity contribution >= 4 is 24.0 Å². The van der Waals surface area contributed by atoms with Gasteiger partial charge in [0.1, 0.15) is 5.75 Å². The molecule has 0 saturated carbocycles.